The van der Waals surface area contributed by atoms with Gasteiger partial charge >= 0.3 is 0 Å². The molecule has 0 atom stereocenters. The Morgan fingerprint density at radius 2 is 2.26 bits per heavy atom. The molecule has 3 aromatic heterocycles. The molecule has 1 aliphatic heterocycles. The fourth-order valence-electron chi connectivity index (χ4n) is 3.12. The maximum absolute atomic E-state index is 4.66. The monoisotopic (exact) mass is 324 g/mol. The Hall–Kier alpha value is -1.98. The number of fused-ring (bicyclic) bond motifs is 1. The quantitative estimate of drug-likeness (QED) is 0.794. The van der Waals surface area contributed by atoms with Crippen LogP contribution in [0.2, 0.25) is 0 Å². The van der Waals surface area contributed by atoms with Crippen molar-refractivity contribution in [3.05, 3.63) is 51.7 Å². The smallest absolute Gasteiger partial charge is 0.137 e. The summed E-state index contributed by atoms with van der Waals surface area (Å²) < 4.78 is 0. The molecule has 5 heteroatoms. The average molecular weight is 324 g/mol. The number of nitrogens with zero attached hydrogens (tertiary/aromatic N) is 3. The zero-order valence-electron chi connectivity index (χ0n) is 13.5. The third-order valence-electron chi connectivity index (χ3n) is 4.52. The first-order chi connectivity index (χ1) is 11.2. The van der Waals surface area contributed by atoms with Crippen molar-refractivity contribution in [2.24, 2.45) is 0 Å². The second kappa shape index (κ2) is 5.91. The SMILES string of the molecule is Cc1nc(CN2CC=C(c3c[nH]c4ncccc34)CC2)sc1C. The van der Waals surface area contributed by atoms with E-state index < -0.39 is 0 Å². The molecule has 0 fully saturated rings. The summed E-state index contributed by atoms with van der Waals surface area (Å²) >= 11 is 1.82. The van der Waals surface area contributed by atoms with Crippen molar-refractivity contribution in [2.45, 2.75) is 26.8 Å². The van der Waals surface area contributed by atoms with Crippen LogP contribution >= 0.6 is 11.3 Å². The lowest BCUT2D eigenvalue weighted by Gasteiger charge is -2.25. The van der Waals surface area contributed by atoms with Gasteiger partial charge in [0.05, 0.1) is 12.2 Å². The maximum atomic E-state index is 4.66. The predicted octanol–water partition coefficient (Wildman–Crippen LogP) is 3.93. The van der Waals surface area contributed by atoms with Crippen LogP contribution in [0, 0.1) is 13.8 Å². The van der Waals surface area contributed by atoms with Gasteiger partial charge in [-0.15, -0.1) is 11.3 Å². The maximum Gasteiger partial charge on any atom is 0.137 e. The van der Waals surface area contributed by atoms with Gasteiger partial charge in [-0.25, -0.2) is 9.97 Å². The highest BCUT2D eigenvalue weighted by Crippen LogP contribution is 2.29. The fraction of sp³-hybridized carbons (Fsp3) is 0.333. The van der Waals surface area contributed by atoms with Crippen LogP contribution in [0.3, 0.4) is 0 Å². The number of aryl methyl sites for hydroxylation is 2. The number of rotatable bonds is 3. The van der Waals surface area contributed by atoms with E-state index in [2.05, 4.69) is 52.0 Å². The Labute approximate surface area is 139 Å². The van der Waals surface area contributed by atoms with Gasteiger partial charge in [0.1, 0.15) is 10.7 Å². The lowest BCUT2D eigenvalue weighted by molar-refractivity contribution is 0.293. The van der Waals surface area contributed by atoms with Gasteiger partial charge < -0.3 is 4.98 Å². The van der Waals surface area contributed by atoms with E-state index in [1.165, 1.54) is 32.1 Å². The van der Waals surface area contributed by atoms with Crippen LogP contribution in [0.4, 0.5) is 0 Å². The summed E-state index contributed by atoms with van der Waals surface area (Å²) in [6.45, 7) is 7.26. The summed E-state index contributed by atoms with van der Waals surface area (Å²) in [5, 5.41) is 2.45. The van der Waals surface area contributed by atoms with E-state index in [0.29, 0.717) is 0 Å². The molecular weight excluding hydrogens is 304 g/mol. The van der Waals surface area contributed by atoms with Crippen LogP contribution in [0.15, 0.2) is 30.6 Å². The Morgan fingerprint density at radius 3 is 3.00 bits per heavy atom. The molecule has 0 bridgehead atoms. The van der Waals surface area contributed by atoms with E-state index in [4.69, 9.17) is 0 Å². The summed E-state index contributed by atoms with van der Waals surface area (Å²) in [5.41, 5.74) is 4.87. The molecule has 0 radical (unpaired) electrons. The van der Waals surface area contributed by atoms with Gasteiger partial charge in [0.2, 0.25) is 0 Å². The highest BCUT2D eigenvalue weighted by atomic mass is 32.1. The molecule has 0 aromatic carbocycles. The average Bonchev–Trinajstić information content (AvgIpc) is 3.12. The van der Waals surface area contributed by atoms with Gasteiger partial charge in [0, 0.05) is 41.3 Å². The van der Waals surface area contributed by atoms with Crippen LogP contribution in [0.5, 0.6) is 0 Å². The molecule has 3 aromatic rings. The zero-order valence-corrected chi connectivity index (χ0v) is 14.3. The van der Waals surface area contributed by atoms with E-state index in [1.807, 2.05) is 23.6 Å². The first-order valence-electron chi connectivity index (χ1n) is 7.97. The van der Waals surface area contributed by atoms with Crippen molar-refractivity contribution >= 4 is 27.9 Å². The Balaban J connectivity index is 1.50. The molecule has 23 heavy (non-hydrogen) atoms. The summed E-state index contributed by atoms with van der Waals surface area (Å²) in [7, 11) is 0. The molecular formula is C18H20N4S. The molecule has 0 saturated heterocycles. The van der Waals surface area contributed by atoms with E-state index in [9.17, 15) is 0 Å². The van der Waals surface area contributed by atoms with Gasteiger partial charge in [0.25, 0.3) is 0 Å². The normalized spacial score (nSPS) is 16.0. The summed E-state index contributed by atoms with van der Waals surface area (Å²) in [6.07, 6.45) is 7.35. The number of nitrogens with one attached hydrogen (secondary N) is 1. The molecule has 118 valence electrons. The van der Waals surface area contributed by atoms with Crippen molar-refractivity contribution in [1.29, 1.82) is 0 Å². The highest BCUT2D eigenvalue weighted by molar-refractivity contribution is 7.11. The van der Waals surface area contributed by atoms with E-state index in [0.717, 1.165) is 31.7 Å². The molecule has 0 aliphatic carbocycles. The molecule has 0 unspecified atom stereocenters. The number of H-pyrrole nitrogens is 1. The number of aromatic nitrogens is 3. The van der Waals surface area contributed by atoms with E-state index >= 15 is 0 Å². The summed E-state index contributed by atoms with van der Waals surface area (Å²) in [6, 6.07) is 4.14. The van der Waals surface area contributed by atoms with Gasteiger partial charge in [-0.2, -0.15) is 0 Å². The first-order valence-corrected chi connectivity index (χ1v) is 8.79. The Kier molecular flexibility index (Phi) is 3.75. The molecule has 0 amide bonds. The Bertz CT molecular complexity index is 855. The topological polar surface area (TPSA) is 44.8 Å². The molecule has 4 heterocycles. The molecule has 1 N–H and O–H groups in total. The molecule has 4 rings (SSSR count). The number of pyridine rings is 1. The van der Waals surface area contributed by atoms with Crippen LogP contribution in [0.1, 0.15) is 27.6 Å². The molecule has 0 saturated carbocycles. The van der Waals surface area contributed by atoms with Crippen molar-refractivity contribution < 1.29 is 0 Å². The van der Waals surface area contributed by atoms with Gasteiger partial charge in [-0.3, -0.25) is 4.90 Å². The number of thiazole rings is 1. The number of hydrogen-bond acceptors (Lipinski definition) is 4. The minimum absolute atomic E-state index is 0.957. The Morgan fingerprint density at radius 1 is 1.35 bits per heavy atom. The van der Waals surface area contributed by atoms with Crippen LogP contribution in [-0.4, -0.2) is 32.9 Å². The third-order valence-corrected chi connectivity index (χ3v) is 5.58. The van der Waals surface area contributed by atoms with Gasteiger partial charge in [-0.1, -0.05) is 6.08 Å². The summed E-state index contributed by atoms with van der Waals surface area (Å²) in [5.74, 6) is 0. The lowest BCUT2D eigenvalue weighted by Crippen LogP contribution is -2.27. The van der Waals surface area contributed by atoms with E-state index in [1.54, 1.807) is 0 Å². The number of hydrogen-bond donors (Lipinski definition) is 1. The highest BCUT2D eigenvalue weighted by Gasteiger charge is 2.17. The van der Waals surface area contributed by atoms with Crippen LogP contribution in [-0.2, 0) is 6.54 Å². The largest absolute Gasteiger partial charge is 0.346 e. The van der Waals surface area contributed by atoms with Crippen LogP contribution < -0.4 is 0 Å². The third kappa shape index (κ3) is 2.82. The van der Waals surface area contributed by atoms with Crippen LogP contribution in [0.25, 0.3) is 16.6 Å². The fourth-order valence-corrected chi connectivity index (χ4v) is 4.10. The lowest BCUT2D eigenvalue weighted by atomic mass is 10.00. The van der Waals surface area contributed by atoms with Gasteiger partial charge in [0.15, 0.2) is 0 Å². The first kappa shape index (κ1) is 14.6. The standard InChI is InChI=1S/C18H20N4S/c1-12-13(2)23-17(21-12)11-22-8-5-14(6-9-22)16-10-20-18-15(16)4-3-7-19-18/h3-5,7,10H,6,8-9,11H2,1-2H3,(H,19,20). The minimum atomic E-state index is 0.957. The van der Waals surface area contributed by atoms with Crippen molar-refractivity contribution in [3.8, 4) is 0 Å². The van der Waals surface area contributed by atoms with Crippen molar-refractivity contribution in [3.63, 3.8) is 0 Å². The second-order valence-electron chi connectivity index (χ2n) is 6.07. The van der Waals surface area contributed by atoms with E-state index in [-0.39, 0.29) is 0 Å². The van der Waals surface area contributed by atoms with Crippen molar-refractivity contribution in [1.82, 2.24) is 19.9 Å². The zero-order chi connectivity index (χ0) is 15.8. The number of aromatic amines is 1. The molecule has 1 aliphatic rings. The second-order valence-corrected chi connectivity index (χ2v) is 7.35. The molecule has 4 nitrogen and oxygen atoms in total. The minimum Gasteiger partial charge on any atom is -0.346 e. The van der Waals surface area contributed by atoms with Crippen molar-refractivity contribution in [2.75, 3.05) is 13.1 Å². The molecule has 0 spiro atoms. The summed E-state index contributed by atoms with van der Waals surface area (Å²) in [4.78, 5) is 16.1. The predicted molar refractivity (Wildman–Crippen MR) is 95.6 cm³/mol. The van der Waals surface area contributed by atoms with Gasteiger partial charge in [-0.05, 0) is 38.0 Å².